The van der Waals surface area contributed by atoms with E-state index < -0.39 is 0 Å². The number of aromatic nitrogens is 2. The van der Waals surface area contributed by atoms with Gasteiger partial charge in [-0.15, -0.1) is 0 Å². The Morgan fingerprint density at radius 3 is 2.70 bits per heavy atom. The zero-order valence-electron chi connectivity index (χ0n) is 10.3. The minimum Gasteiger partial charge on any atom is -0.493 e. The number of anilines is 1. The quantitative estimate of drug-likeness (QED) is 0.835. The smallest absolute Gasteiger partial charge is 0.229 e. The van der Waals surface area contributed by atoms with Crippen LogP contribution in [0.3, 0.4) is 0 Å². The van der Waals surface area contributed by atoms with Gasteiger partial charge in [0.2, 0.25) is 5.91 Å². The van der Waals surface area contributed by atoms with E-state index in [0.29, 0.717) is 21.6 Å². The normalized spacial score (nSPS) is 10.1. The Balaban J connectivity index is 1.81. The van der Waals surface area contributed by atoms with E-state index in [-0.39, 0.29) is 12.3 Å². The van der Waals surface area contributed by atoms with Crippen LogP contribution in [-0.4, -0.2) is 22.5 Å². The number of amides is 1. The van der Waals surface area contributed by atoms with Crippen molar-refractivity contribution < 1.29 is 9.53 Å². The molecule has 0 atom stereocenters. The van der Waals surface area contributed by atoms with Gasteiger partial charge in [-0.1, -0.05) is 18.2 Å². The molecule has 2 rings (SSSR count). The third kappa shape index (κ3) is 4.57. The fourth-order valence-electron chi connectivity index (χ4n) is 1.40. The zero-order chi connectivity index (χ0) is 14.4. The van der Waals surface area contributed by atoms with Crippen LogP contribution in [0.5, 0.6) is 5.75 Å². The second-order valence-corrected chi connectivity index (χ2v) is 5.36. The summed E-state index contributed by atoms with van der Waals surface area (Å²) in [7, 11) is 0. The molecule has 0 unspecified atom stereocenters. The van der Waals surface area contributed by atoms with Gasteiger partial charge < -0.3 is 10.1 Å². The van der Waals surface area contributed by atoms with Gasteiger partial charge in [0.05, 0.1) is 19.2 Å². The van der Waals surface area contributed by atoms with Crippen molar-refractivity contribution in [1.82, 2.24) is 9.97 Å². The molecule has 0 saturated heterocycles. The lowest BCUT2D eigenvalue weighted by Gasteiger charge is -2.07. The van der Waals surface area contributed by atoms with Gasteiger partial charge in [0.1, 0.15) is 15.0 Å². The number of carbonyl (C=O) groups is 1. The number of carbonyl (C=O) groups excluding carboxylic acids is 1. The fraction of sp³-hybridized carbons (Fsp3) is 0.154. The van der Waals surface area contributed by atoms with Crippen molar-refractivity contribution in [2.75, 3.05) is 11.9 Å². The van der Waals surface area contributed by atoms with Crippen molar-refractivity contribution in [2.24, 2.45) is 0 Å². The lowest BCUT2D eigenvalue weighted by atomic mass is 10.3. The number of nitrogens with one attached hydrogen (secondary N) is 1. The maximum absolute atomic E-state index is 11.7. The zero-order valence-corrected chi connectivity index (χ0v) is 13.5. The van der Waals surface area contributed by atoms with E-state index >= 15 is 0 Å². The molecule has 1 amide bonds. The maximum Gasteiger partial charge on any atom is 0.229 e. The number of halogens is 2. The summed E-state index contributed by atoms with van der Waals surface area (Å²) in [6, 6.07) is 9.35. The standard InChI is InChI=1S/C13H11Br2N3O2/c14-10-8-16-13(12(15)17-10)18-11(19)6-7-20-9-4-2-1-3-5-9/h1-5,8H,6-7H2,(H,16,18,19). The summed E-state index contributed by atoms with van der Waals surface area (Å²) in [5.74, 6) is 0.945. The van der Waals surface area contributed by atoms with E-state index in [1.807, 2.05) is 30.3 Å². The number of hydrogen-bond acceptors (Lipinski definition) is 4. The third-order valence-corrected chi connectivity index (χ3v) is 3.23. The van der Waals surface area contributed by atoms with Crippen LogP contribution in [0.2, 0.25) is 0 Å². The van der Waals surface area contributed by atoms with Gasteiger partial charge in [0.15, 0.2) is 5.82 Å². The second kappa shape index (κ2) is 7.35. The molecule has 0 bridgehead atoms. The van der Waals surface area contributed by atoms with Crippen LogP contribution in [0.25, 0.3) is 0 Å². The molecule has 0 aliphatic rings. The van der Waals surface area contributed by atoms with Gasteiger partial charge in [-0.05, 0) is 44.0 Å². The number of ether oxygens (including phenoxy) is 1. The lowest BCUT2D eigenvalue weighted by molar-refractivity contribution is -0.116. The van der Waals surface area contributed by atoms with Crippen molar-refractivity contribution >= 4 is 43.6 Å². The summed E-state index contributed by atoms with van der Waals surface area (Å²) in [6.45, 7) is 0.303. The second-order valence-electron chi connectivity index (χ2n) is 3.79. The molecule has 0 aliphatic carbocycles. The molecule has 20 heavy (non-hydrogen) atoms. The first-order valence-electron chi connectivity index (χ1n) is 5.81. The van der Waals surface area contributed by atoms with E-state index in [1.165, 1.54) is 6.20 Å². The Hall–Kier alpha value is -1.47. The van der Waals surface area contributed by atoms with Crippen LogP contribution in [0.15, 0.2) is 45.7 Å². The van der Waals surface area contributed by atoms with Crippen molar-refractivity contribution in [3.63, 3.8) is 0 Å². The summed E-state index contributed by atoms with van der Waals surface area (Å²) in [5.41, 5.74) is 0. The van der Waals surface area contributed by atoms with Gasteiger partial charge in [-0.3, -0.25) is 4.79 Å². The van der Waals surface area contributed by atoms with Crippen LogP contribution >= 0.6 is 31.9 Å². The third-order valence-electron chi connectivity index (χ3n) is 2.30. The number of nitrogens with zero attached hydrogens (tertiary/aromatic N) is 2. The van der Waals surface area contributed by atoms with E-state index in [9.17, 15) is 4.79 Å². The van der Waals surface area contributed by atoms with Crippen LogP contribution in [0.1, 0.15) is 6.42 Å². The largest absolute Gasteiger partial charge is 0.493 e. The van der Waals surface area contributed by atoms with Gasteiger partial charge >= 0.3 is 0 Å². The summed E-state index contributed by atoms with van der Waals surface area (Å²) in [6.07, 6.45) is 1.75. The number of para-hydroxylation sites is 1. The molecule has 104 valence electrons. The van der Waals surface area contributed by atoms with Crippen LogP contribution < -0.4 is 10.1 Å². The average Bonchev–Trinajstić information content (AvgIpc) is 2.43. The van der Waals surface area contributed by atoms with Gasteiger partial charge in [-0.2, -0.15) is 0 Å². The highest BCUT2D eigenvalue weighted by atomic mass is 79.9. The van der Waals surface area contributed by atoms with Gasteiger partial charge in [0, 0.05) is 0 Å². The molecule has 7 heteroatoms. The highest BCUT2D eigenvalue weighted by Gasteiger charge is 2.08. The predicted molar refractivity (Wildman–Crippen MR) is 82.6 cm³/mol. The van der Waals surface area contributed by atoms with Crippen LogP contribution in [-0.2, 0) is 4.79 Å². The monoisotopic (exact) mass is 399 g/mol. The molecule has 0 saturated carbocycles. The first-order chi connectivity index (χ1) is 9.65. The molecular formula is C13H11Br2N3O2. The summed E-state index contributed by atoms with van der Waals surface area (Å²) >= 11 is 6.42. The Morgan fingerprint density at radius 1 is 1.25 bits per heavy atom. The molecule has 1 aromatic carbocycles. The van der Waals surface area contributed by atoms with Gasteiger partial charge in [0.25, 0.3) is 0 Å². The van der Waals surface area contributed by atoms with Crippen LogP contribution in [0, 0.1) is 0 Å². The number of rotatable bonds is 5. The molecule has 1 aromatic heterocycles. The summed E-state index contributed by atoms with van der Waals surface area (Å²) < 4.78 is 6.52. The maximum atomic E-state index is 11.7. The first-order valence-corrected chi connectivity index (χ1v) is 7.39. The van der Waals surface area contributed by atoms with Crippen molar-refractivity contribution in [2.45, 2.75) is 6.42 Å². The summed E-state index contributed by atoms with van der Waals surface area (Å²) in [4.78, 5) is 19.9. The molecule has 0 aliphatic heterocycles. The first kappa shape index (κ1) is 14.9. The minimum absolute atomic E-state index is 0.182. The van der Waals surface area contributed by atoms with Crippen molar-refractivity contribution in [1.29, 1.82) is 0 Å². The highest BCUT2D eigenvalue weighted by molar-refractivity contribution is 9.11. The molecule has 0 spiro atoms. The number of benzene rings is 1. The SMILES string of the molecule is O=C(CCOc1ccccc1)Nc1ncc(Br)nc1Br. The van der Waals surface area contributed by atoms with E-state index in [1.54, 1.807) is 0 Å². The van der Waals surface area contributed by atoms with Crippen molar-refractivity contribution in [3.05, 3.63) is 45.7 Å². The fourth-order valence-corrected chi connectivity index (χ4v) is 2.31. The predicted octanol–water partition coefficient (Wildman–Crippen LogP) is 3.41. The van der Waals surface area contributed by atoms with E-state index in [0.717, 1.165) is 5.75 Å². The van der Waals surface area contributed by atoms with Crippen LogP contribution in [0.4, 0.5) is 5.82 Å². The Bertz CT molecular complexity index is 593. The molecular weight excluding hydrogens is 390 g/mol. The minimum atomic E-state index is -0.182. The Labute approximate surface area is 133 Å². The lowest BCUT2D eigenvalue weighted by Crippen LogP contribution is -2.16. The highest BCUT2D eigenvalue weighted by Crippen LogP contribution is 2.19. The molecule has 5 nitrogen and oxygen atoms in total. The van der Waals surface area contributed by atoms with E-state index in [2.05, 4.69) is 47.1 Å². The van der Waals surface area contributed by atoms with Gasteiger partial charge in [-0.25, -0.2) is 9.97 Å². The molecule has 0 radical (unpaired) electrons. The summed E-state index contributed by atoms with van der Waals surface area (Å²) in [5, 5.41) is 2.66. The Morgan fingerprint density at radius 2 is 2.00 bits per heavy atom. The topological polar surface area (TPSA) is 64.1 Å². The number of hydrogen-bond donors (Lipinski definition) is 1. The molecule has 2 aromatic rings. The molecule has 0 fully saturated rings. The average molecular weight is 401 g/mol. The Kier molecular flexibility index (Phi) is 5.49. The van der Waals surface area contributed by atoms with E-state index in [4.69, 9.17) is 4.74 Å². The molecule has 1 heterocycles. The van der Waals surface area contributed by atoms with Crippen molar-refractivity contribution in [3.8, 4) is 5.75 Å². The molecule has 1 N–H and O–H groups in total.